The van der Waals surface area contributed by atoms with Gasteiger partial charge in [0.2, 0.25) is 5.91 Å². The zero-order chi connectivity index (χ0) is 26.3. The van der Waals surface area contributed by atoms with E-state index in [4.69, 9.17) is 9.15 Å². The number of anilines is 1. The van der Waals surface area contributed by atoms with Gasteiger partial charge in [-0.2, -0.15) is 0 Å². The van der Waals surface area contributed by atoms with Gasteiger partial charge < -0.3 is 24.7 Å². The third-order valence-corrected chi connectivity index (χ3v) is 6.45. The lowest BCUT2D eigenvalue weighted by Crippen LogP contribution is -2.58. The van der Waals surface area contributed by atoms with Crippen molar-refractivity contribution in [1.82, 2.24) is 20.1 Å². The Hall–Kier alpha value is -3.40. The molecule has 1 fully saturated rings. The Morgan fingerprint density at radius 3 is 2.39 bits per heavy atom. The summed E-state index contributed by atoms with van der Waals surface area (Å²) in [6.45, 7) is 11.2. The summed E-state index contributed by atoms with van der Waals surface area (Å²) in [6.07, 6.45) is 4.60. The van der Waals surface area contributed by atoms with E-state index in [-0.39, 0.29) is 11.8 Å². The van der Waals surface area contributed by atoms with Gasteiger partial charge in [0.15, 0.2) is 12.2 Å². The monoisotopic (exact) mass is 499 g/mol. The molecule has 2 heterocycles. The van der Waals surface area contributed by atoms with Crippen LogP contribution < -0.4 is 15.4 Å². The molecule has 36 heavy (non-hydrogen) atoms. The van der Waals surface area contributed by atoms with Gasteiger partial charge in [0.05, 0.1) is 18.9 Å². The summed E-state index contributed by atoms with van der Waals surface area (Å²) < 4.78 is 10.7. The maximum absolute atomic E-state index is 12.6. The number of amides is 3. The second-order valence-electron chi connectivity index (χ2n) is 9.69. The minimum atomic E-state index is -0.766. The first-order valence-corrected chi connectivity index (χ1v) is 12.4. The van der Waals surface area contributed by atoms with Crippen molar-refractivity contribution in [2.45, 2.75) is 46.1 Å². The highest BCUT2D eigenvalue weighted by Gasteiger charge is 2.30. The van der Waals surface area contributed by atoms with Gasteiger partial charge in [0.1, 0.15) is 5.75 Å². The quantitative estimate of drug-likeness (QED) is 0.510. The molecule has 196 valence electrons. The molecule has 10 nitrogen and oxygen atoms in total. The van der Waals surface area contributed by atoms with E-state index in [9.17, 15) is 14.4 Å². The molecule has 1 aliphatic heterocycles. The molecule has 0 saturated carbocycles. The second kappa shape index (κ2) is 12.0. The molecular weight excluding hydrogens is 462 g/mol. The average molecular weight is 500 g/mol. The number of ether oxygens (including phenoxy) is 1. The van der Waals surface area contributed by atoms with Gasteiger partial charge in [-0.25, -0.2) is 4.98 Å². The van der Waals surface area contributed by atoms with Crippen LogP contribution in [0.5, 0.6) is 5.75 Å². The second-order valence-corrected chi connectivity index (χ2v) is 9.69. The largest absolute Gasteiger partial charge is 0.496 e. The van der Waals surface area contributed by atoms with Gasteiger partial charge >= 0.3 is 11.8 Å². The van der Waals surface area contributed by atoms with Crippen molar-refractivity contribution in [3.05, 3.63) is 30.8 Å². The fraction of sp³-hybridized carbons (Fsp3) is 0.538. The molecule has 0 aliphatic carbocycles. The lowest BCUT2D eigenvalue weighted by Gasteiger charge is -2.40. The van der Waals surface area contributed by atoms with Crippen LogP contribution in [0, 0.1) is 5.92 Å². The summed E-state index contributed by atoms with van der Waals surface area (Å²) in [5.41, 5.74) is 0.468. The SMILES string of the molecule is CCC(CC)C(=O)N1CCN(CC(C)(C)NC(=O)C(=O)Nc2ccc(-c3cnco3)c(OC)c2)CC1. The van der Waals surface area contributed by atoms with Crippen LogP contribution in [0.1, 0.15) is 40.5 Å². The molecule has 2 aromatic rings. The number of carbonyl (C=O) groups excluding carboxylic acids is 3. The van der Waals surface area contributed by atoms with Crippen molar-refractivity contribution in [2.75, 3.05) is 45.2 Å². The van der Waals surface area contributed by atoms with E-state index >= 15 is 0 Å². The number of benzene rings is 1. The van der Waals surface area contributed by atoms with Gasteiger partial charge in [-0.05, 0) is 38.8 Å². The van der Waals surface area contributed by atoms with E-state index < -0.39 is 17.4 Å². The number of aromatic nitrogens is 1. The van der Waals surface area contributed by atoms with Gasteiger partial charge in [0.25, 0.3) is 0 Å². The number of nitrogens with zero attached hydrogens (tertiary/aromatic N) is 3. The minimum absolute atomic E-state index is 0.0871. The topological polar surface area (TPSA) is 117 Å². The van der Waals surface area contributed by atoms with Crippen LogP contribution >= 0.6 is 0 Å². The fourth-order valence-corrected chi connectivity index (χ4v) is 4.49. The molecule has 0 atom stereocenters. The molecule has 0 radical (unpaired) electrons. The Morgan fingerprint density at radius 2 is 1.81 bits per heavy atom. The lowest BCUT2D eigenvalue weighted by molar-refractivity contribution is -0.138. The van der Waals surface area contributed by atoms with Crippen LogP contribution in [-0.4, -0.2) is 77.9 Å². The summed E-state index contributed by atoms with van der Waals surface area (Å²) in [5, 5.41) is 5.45. The zero-order valence-corrected chi connectivity index (χ0v) is 21.8. The van der Waals surface area contributed by atoms with Crippen LogP contribution in [0.3, 0.4) is 0 Å². The van der Waals surface area contributed by atoms with Gasteiger partial charge in [-0.15, -0.1) is 0 Å². The van der Waals surface area contributed by atoms with Crippen LogP contribution in [0.15, 0.2) is 35.2 Å². The number of oxazole rings is 1. The summed E-state index contributed by atoms with van der Waals surface area (Å²) in [6, 6.07) is 5.01. The lowest BCUT2D eigenvalue weighted by atomic mass is 10.0. The number of carbonyl (C=O) groups is 3. The molecule has 1 aromatic carbocycles. The maximum atomic E-state index is 12.6. The zero-order valence-electron chi connectivity index (χ0n) is 21.8. The summed E-state index contributed by atoms with van der Waals surface area (Å²) in [4.78, 5) is 45.9. The molecule has 1 aromatic heterocycles. The van der Waals surface area contributed by atoms with E-state index in [1.54, 1.807) is 24.4 Å². The van der Waals surface area contributed by atoms with E-state index in [1.165, 1.54) is 13.5 Å². The van der Waals surface area contributed by atoms with Crippen molar-refractivity contribution in [3.8, 4) is 17.1 Å². The first-order chi connectivity index (χ1) is 17.2. The number of hydrogen-bond donors (Lipinski definition) is 2. The van der Waals surface area contributed by atoms with Crippen LogP contribution in [0.2, 0.25) is 0 Å². The molecule has 3 rings (SSSR count). The Kier molecular flexibility index (Phi) is 9.08. The summed E-state index contributed by atoms with van der Waals surface area (Å²) in [7, 11) is 1.51. The van der Waals surface area contributed by atoms with E-state index in [2.05, 4.69) is 20.5 Å². The molecule has 0 unspecified atom stereocenters. The molecule has 0 spiro atoms. The third kappa shape index (κ3) is 6.84. The summed E-state index contributed by atoms with van der Waals surface area (Å²) >= 11 is 0. The molecule has 1 aliphatic rings. The number of nitrogens with one attached hydrogen (secondary N) is 2. The van der Waals surface area contributed by atoms with E-state index in [0.717, 1.165) is 25.9 Å². The highest BCUT2D eigenvalue weighted by atomic mass is 16.5. The van der Waals surface area contributed by atoms with Crippen LogP contribution in [-0.2, 0) is 14.4 Å². The predicted octanol–water partition coefficient (Wildman–Crippen LogP) is 2.76. The third-order valence-electron chi connectivity index (χ3n) is 6.45. The highest BCUT2D eigenvalue weighted by molar-refractivity contribution is 6.39. The highest BCUT2D eigenvalue weighted by Crippen LogP contribution is 2.32. The molecule has 2 N–H and O–H groups in total. The molecule has 0 bridgehead atoms. The van der Waals surface area contributed by atoms with Crippen molar-refractivity contribution in [3.63, 3.8) is 0 Å². The Balaban J connectivity index is 1.52. The van der Waals surface area contributed by atoms with Crippen LogP contribution in [0.4, 0.5) is 5.69 Å². The molecule has 1 saturated heterocycles. The van der Waals surface area contributed by atoms with E-state index in [0.29, 0.717) is 42.4 Å². The van der Waals surface area contributed by atoms with Gasteiger partial charge in [0, 0.05) is 55.9 Å². The number of rotatable bonds is 9. The fourth-order valence-electron chi connectivity index (χ4n) is 4.49. The van der Waals surface area contributed by atoms with Gasteiger partial charge in [-0.1, -0.05) is 13.8 Å². The van der Waals surface area contributed by atoms with Gasteiger partial charge in [-0.3, -0.25) is 19.3 Å². The Bertz CT molecular complexity index is 1040. The minimum Gasteiger partial charge on any atom is -0.496 e. The summed E-state index contributed by atoms with van der Waals surface area (Å²) in [5.74, 6) is -0.158. The smallest absolute Gasteiger partial charge is 0.313 e. The van der Waals surface area contributed by atoms with Crippen molar-refractivity contribution < 1.29 is 23.5 Å². The molecule has 10 heteroatoms. The molecular formula is C26H37N5O5. The molecule has 3 amide bonds. The van der Waals surface area contributed by atoms with Crippen molar-refractivity contribution in [2.24, 2.45) is 5.92 Å². The number of methoxy groups -OCH3 is 1. The Labute approximate surface area is 212 Å². The Morgan fingerprint density at radius 1 is 1.11 bits per heavy atom. The predicted molar refractivity (Wildman–Crippen MR) is 136 cm³/mol. The first-order valence-electron chi connectivity index (χ1n) is 12.4. The first kappa shape index (κ1) is 27.2. The number of piperazine rings is 1. The maximum Gasteiger partial charge on any atom is 0.313 e. The van der Waals surface area contributed by atoms with Crippen molar-refractivity contribution >= 4 is 23.4 Å². The average Bonchev–Trinajstić information content (AvgIpc) is 3.39. The van der Waals surface area contributed by atoms with E-state index in [1.807, 2.05) is 32.6 Å². The number of hydrogen-bond acceptors (Lipinski definition) is 7. The van der Waals surface area contributed by atoms with Crippen LogP contribution in [0.25, 0.3) is 11.3 Å². The normalized spacial score (nSPS) is 14.6. The van der Waals surface area contributed by atoms with Crippen molar-refractivity contribution in [1.29, 1.82) is 0 Å². The standard InChI is InChI=1S/C26H37N5O5/c1-6-18(7-2)25(34)31-12-10-30(11-13-31)16-26(3,4)29-24(33)23(32)28-19-8-9-20(21(14-19)35-5)22-15-27-17-36-22/h8-9,14-15,17-18H,6-7,10-13,16H2,1-5H3,(H,28,32)(H,29,33).